The molecule has 1 aromatic carbocycles. The Morgan fingerprint density at radius 2 is 2.12 bits per heavy atom. The number of rotatable bonds is 2. The fourth-order valence-electron chi connectivity index (χ4n) is 3.48. The quantitative estimate of drug-likeness (QED) is 0.743. The van der Waals surface area contributed by atoms with Crippen molar-refractivity contribution in [2.75, 3.05) is 11.9 Å². The van der Waals surface area contributed by atoms with Crippen LogP contribution in [0.4, 0.5) is 10.1 Å². The third-order valence-corrected chi connectivity index (χ3v) is 4.89. The van der Waals surface area contributed by atoms with E-state index in [4.69, 9.17) is 0 Å². The Kier molecular flexibility index (Phi) is 3.96. The highest BCUT2D eigenvalue weighted by molar-refractivity contribution is 6.07. The van der Waals surface area contributed by atoms with E-state index >= 15 is 0 Å². The molecule has 0 spiro atoms. The molecule has 0 bridgehead atoms. The number of hydrogen-bond donors (Lipinski definition) is 2. The number of nitrogens with one attached hydrogen (secondary N) is 2. The van der Waals surface area contributed by atoms with Gasteiger partial charge in [-0.05, 0) is 50.1 Å². The lowest BCUT2D eigenvalue weighted by atomic mass is 9.99. The summed E-state index contributed by atoms with van der Waals surface area (Å²) < 4.78 is 16.5. The van der Waals surface area contributed by atoms with Gasteiger partial charge in [0, 0.05) is 19.0 Å². The number of benzene rings is 1. The molecule has 0 fully saturated rings. The lowest BCUT2D eigenvalue weighted by Gasteiger charge is -2.19. The normalized spacial score (nSPS) is 13.7. The maximum atomic E-state index is 14.8. The molecule has 2 N–H and O–H groups in total. The first-order valence-electron chi connectivity index (χ1n) is 8.59. The zero-order valence-corrected chi connectivity index (χ0v) is 15.0. The summed E-state index contributed by atoms with van der Waals surface area (Å²) in [6, 6.07) is 5.25. The SMILES string of the molecule is Cc1nc2c(cc1C(=O)Nc1ccc3c(c1F)CCNC3)c(C)nn2C. The van der Waals surface area contributed by atoms with Crippen LogP contribution in [0.15, 0.2) is 18.2 Å². The standard InChI is InChI=1S/C19H20FN5O/c1-10-15(8-14-11(2)24-25(3)18(14)22-10)19(26)23-16-5-4-12-9-21-7-6-13(12)17(16)20/h4-5,8,21H,6-7,9H2,1-3H3,(H,23,26). The zero-order valence-electron chi connectivity index (χ0n) is 15.0. The van der Waals surface area contributed by atoms with E-state index in [-0.39, 0.29) is 17.4 Å². The Hall–Kier alpha value is -2.80. The van der Waals surface area contributed by atoms with Gasteiger partial charge in [-0.3, -0.25) is 9.48 Å². The molecule has 26 heavy (non-hydrogen) atoms. The van der Waals surface area contributed by atoms with Crippen LogP contribution in [0.2, 0.25) is 0 Å². The molecule has 0 atom stereocenters. The Morgan fingerprint density at radius 1 is 1.31 bits per heavy atom. The maximum Gasteiger partial charge on any atom is 0.257 e. The van der Waals surface area contributed by atoms with Gasteiger partial charge in [0.25, 0.3) is 5.91 Å². The summed E-state index contributed by atoms with van der Waals surface area (Å²) >= 11 is 0. The van der Waals surface area contributed by atoms with E-state index in [0.29, 0.717) is 29.8 Å². The van der Waals surface area contributed by atoms with E-state index in [0.717, 1.165) is 28.8 Å². The molecule has 3 heterocycles. The number of fused-ring (bicyclic) bond motifs is 2. The van der Waals surface area contributed by atoms with E-state index in [9.17, 15) is 9.18 Å². The first-order valence-corrected chi connectivity index (χ1v) is 8.59. The van der Waals surface area contributed by atoms with Crippen molar-refractivity contribution in [3.63, 3.8) is 0 Å². The first-order chi connectivity index (χ1) is 12.5. The van der Waals surface area contributed by atoms with Gasteiger partial charge >= 0.3 is 0 Å². The van der Waals surface area contributed by atoms with Crippen molar-refractivity contribution in [1.29, 1.82) is 0 Å². The number of amides is 1. The van der Waals surface area contributed by atoms with Gasteiger partial charge in [-0.1, -0.05) is 6.07 Å². The van der Waals surface area contributed by atoms with Gasteiger partial charge in [0.15, 0.2) is 5.65 Å². The molecule has 7 heteroatoms. The minimum atomic E-state index is -0.368. The van der Waals surface area contributed by atoms with Gasteiger partial charge in [-0.25, -0.2) is 9.37 Å². The van der Waals surface area contributed by atoms with Gasteiger partial charge in [-0.2, -0.15) is 5.10 Å². The van der Waals surface area contributed by atoms with Crippen molar-refractivity contribution < 1.29 is 9.18 Å². The molecule has 134 valence electrons. The number of carbonyl (C=O) groups excluding carboxylic acids is 1. The summed E-state index contributed by atoms with van der Waals surface area (Å²) in [6.07, 6.45) is 0.617. The Balaban J connectivity index is 1.70. The van der Waals surface area contributed by atoms with E-state index in [1.165, 1.54) is 0 Å². The second-order valence-electron chi connectivity index (χ2n) is 6.65. The highest BCUT2D eigenvalue weighted by Crippen LogP contribution is 2.26. The zero-order chi connectivity index (χ0) is 18.4. The van der Waals surface area contributed by atoms with E-state index < -0.39 is 0 Å². The number of carbonyl (C=O) groups is 1. The van der Waals surface area contributed by atoms with Gasteiger partial charge in [0.2, 0.25) is 0 Å². The predicted molar refractivity (Wildman–Crippen MR) is 97.7 cm³/mol. The number of aromatic nitrogens is 3. The van der Waals surface area contributed by atoms with Crippen molar-refractivity contribution in [2.45, 2.75) is 26.8 Å². The average molecular weight is 353 g/mol. The average Bonchev–Trinajstić information content (AvgIpc) is 2.90. The predicted octanol–water partition coefficient (Wildman–Crippen LogP) is 2.62. The summed E-state index contributed by atoms with van der Waals surface area (Å²) in [4.78, 5) is 17.2. The second-order valence-corrected chi connectivity index (χ2v) is 6.65. The molecule has 3 aromatic rings. The molecule has 1 aliphatic rings. The number of anilines is 1. The van der Waals surface area contributed by atoms with Gasteiger partial charge < -0.3 is 10.6 Å². The minimum Gasteiger partial charge on any atom is -0.319 e. The molecular weight excluding hydrogens is 333 g/mol. The van der Waals surface area contributed by atoms with Crippen LogP contribution in [0.5, 0.6) is 0 Å². The van der Waals surface area contributed by atoms with Crippen molar-refractivity contribution >= 4 is 22.6 Å². The minimum absolute atomic E-state index is 0.207. The maximum absolute atomic E-state index is 14.8. The third-order valence-electron chi connectivity index (χ3n) is 4.89. The molecule has 6 nitrogen and oxygen atoms in total. The molecule has 1 amide bonds. The second kappa shape index (κ2) is 6.17. The lowest BCUT2D eigenvalue weighted by molar-refractivity contribution is 0.102. The largest absolute Gasteiger partial charge is 0.319 e. The Bertz CT molecular complexity index is 1040. The molecule has 2 aromatic heterocycles. The van der Waals surface area contributed by atoms with Crippen LogP contribution >= 0.6 is 0 Å². The van der Waals surface area contributed by atoms with Gasteiger partial charge in [0.05, 0.1) is 22.6 Å². The fraction of sp³-hybridized carbons (Fsp3) is 0.316. The van der Waals surface area contributed by atoms with Crippen molar-refractivity contribution in [3.05, 3.63) is 52.1 Å². The summed E-state index contributed by atoms with van der Waals surface area (Å²) in [5.74, 6) is -0.713. The van der Waals surface area contributed by atoms with Gasteiger partial charge in [0.1, 0.15) is 5.82 Å². The monoisotopic (exact) mass is 353 g/mol. The van der Waals surface area contributed by atoms with Crippen LogP contribution in [0.1, 0.15) is 32.9 Å². The van der Waals surface area contributed by atoms with Crippen LogP contribution < -0.4 is 10.6 Å². The molecule has 0 aliphatic carbocycles. The van der Waals surface area contributed by atoms with Crippen LogP contribution in [-0.2, 0) is 20.0 Å². The topological polar surface area (TPSA) is 71.8 Å². The number of pyridine rings is 1. The van der Waals surface area contributed by atoms with E-state index in [2.05, 4.69) is 20.7 Å². The summed E-state index contributed by atoms with van der Waals surface area (Å²) in [5.41, 5.74) is 4.36. The van der Waals surface area contributed by atoms with Crippen molar-refractivity contribution in [2.24, 2.45) is 7.05 Å². The molecule has 0 radical (unpaired) electrons. The molecular formula is C19H20FN5O. The van der Waals surface area contributed by atoms with Crippen LogP contribution in [0.25, 0.3) is 11.0 Å². The van der Waals surface area contributed by atoms with Gasteiger partial charge in [-0.15, -0.1) is 0 Å². The first kappa shape index (κ1) is 16.7. The van der Waals surface area contributed by atoms with E-state index in [1.54, 1.807) is 23.7 Å². The summed E-state index contributed by atoms with van der Waals surface area (Å²) in [5, 5.41) is 11.1. The lowest BCUT2D eigenvalue weighted by Crippen LogP contribution is -2.25. The number of nitrogens with zero attached hydrogens (tertiary/aromatic N) is 3. The number of aryl methyl sites for hydroxylation is 3. The Morgan fingerprint density at radius 3 is 2.92 bits per heavy atom. The highest BCUT2D eigenvalue weighted by atomic mass is 19.1. The fourth-order valence-corrected chi connectivity index (χ4v) is 3.48. The molecule has 0 unspecified atom stereocenters. The number of hydrogen-bond acceptors (Lipinski definition) is 4. The van der Waals surface area contributed by atoms with E-state index in [1.807, 2.05) is 20.0 Å². The van der Waals surface area contributed by atoms with Crippen LogP contribution in [0, 0.1) is 19.7 Å². The van der Waals surface area contributed by atoms with Crippen LogP contribution in [-0.4, -0.2) is 27.2 Å². The molecule has 0 saturated heterocycles. The Labute approximate surface area is 150 Å². The smallest absolute Gasteiger partial charge is 0.257 e. The van der Waals surface area contributed by atoms with Crippen molar-refractivity contribution in [1.82, 2.24) is 20.1 Å². The highest BCUT2D eigenvalue weighted by Gasteiger charge is 2.20. The number of halogens is 1. The van der Waals surface area contributed by atoms with Crippen molar-refractivity contribution in [3.8, 4) is 0 Å². The molecule has 0 saturated carbocycles. The molecule has 1 aliphatic heterocycles. The van der Waals surface area contributed by atoms with Crippen LogP contribution in [0.3, 0.4) is 0 Å². The summed E-state index contributed by atoms with van der Waals surface area (Å²) in [6.45, 7) is 5.03. The third kappa shape index (κ3) is 2.64. The molecule has 4 rings (SSSR count). The summed E-state index contributed by atoms with van der Waals surface area (Å²) in [7, 11) is 1.82.